The van der Waals surface area contributed by atoms with Gasteiger partial charge >= 0.3 is 0 Å². The van der Waals surface area contributed by atoms with Gasteiger partial charge in [0.2, 0.25) is 0 Å². The monoisotopic (exact) mass is 275 g/mol. The van der Waals surface area contributed by atoms with Crippen LogP contribution in [0.15, 0.2) is 23.9 Å². The van der Waals surface area contributed by atoms with E-state index < -0.39 is 5.82 Å². The molecule has 0 N–H and O–H groups in total. The second-order valence-corrected chi connectivity index (χ2v) is 4.95. The lowest BCUT2D eigenvalue weighted by molar-refractivity contribution is 0.622. The van der Waals surface area contributed by atoms with Gasteiger partial charge in [-0.1, -0.05) is 17.2 Å². The van der Waals surface area contributed by atoms with Crippen LogP contribution in [0.25, 0.3) is 17.5 Å². The van der Waals surface area contributed by atoms with Crippen LogP contribution in [0.1, 0.15) is 24.7 Å². The maximum atomic E-state index is 13.4. The Morgan fingerprint density at radius 3 is 2.84 bits per heavy atom. The average molecular weight is 276 g/mol. The Kier molecular flexibility index (Phi) is 3.03. The maximum Gasteiger partial charge on any atom is 0.164 e. The number of nitrogens with zero attached hydrogens (tertiary/aromatic N) is 3. The number of fused-ring (bicyclic) bond motifs is 2. The van der Waals surface area contributed by atoms with E-state index in [0.29, 0.717) is 11.4 Å². The SMILES string of the molecule is CC1=Cc2cc(nc(-c3cnc(Cl)c(F)c3)n2)CC1. The van der Waals surface area contributed by atoms with Crippen LogP contribution in [-0.4, -0.2) is 15.0 Å². The Bertz CT molecular complexity index is 682. The average Bonchev–Trinajstić information content (AvgIpc) is 2.51. The van der Waals surface area contributed by atoms with Gasteiger partial charge in [-0.3, -0.25) is 0 Å². The summed E-state index contributed by atoms with van der Waals surface area (Å²) in [6.07, 6.45) is 5.35. The highest BCUT2D eigenvalue weighted by Gasteiger charge is 2.12. The van der Waals surface area contributed by atoms with Crippen LogP contribution in [0.5, 0.6) is 0 Å². The van der Waals surface area contributed by atoms with Crippen molar-refractivity contribution in [1.29, 1.82) is 0 Å². The molecule has 3 rings (SSSR count). The molecule has 0 spiro atoms. The van der Waals surface area contributed by atoms with Gasteiger partial charge in [-0.15, -0.1) is 0 Å². The summed E-state index contributed by atoms with van der Waals surface area (Å²) in [5.41, 5.74) is 3.62. The summed E-state index contributed by atoms with van der Waals surface area (Å²) < 4.78 is 13.4. The largest absolute Gasteiger partial charge is 0.241 e. The van der Waals surface area contributed by atoms with Crippen LogP contribution in [0.4, 0.5) is 4.39 Å². The topological polar surface area (TPSA) is 38.7 Å². The van der Waals surface area contributed by atoms with Crippen LogP contribution in [-0.2, 0) is 6.42 Å². The van der Waals surface area contributed by atoms with Crippen LogP contribution in [0.2, 0.25) is 5.15 Å². The van der Waals surface area contributed by atoms with E-state index in [1.165, 1.54) is 17.8 Å². The zero-order valence-corrected chi connectivity index (χ0v) is 11.1. The van der Waals surface area contributed by atoms with Gasteiger partial charge < -0.3 is 0 Å². The van der Waals surface area contributed by atoms with Crippen molar-refractivity contribution in [2.75, 3.05) is 0 Å². The second kappa shape index (κ2) is 4.70. The minimum Gasteiger partial charge on any atom is -0.241 e. The molecule has 0 atom stereocenters. The molecule has 2 aromatic rings. The molecule has 0 amide bonds. The molecule has 1 aliphatic rings. The molecule has 2 bridgehead atoms. The van der Waals surface area contributed by atoms with Crippen molar-refractivity contribution in [1.82, 2.24) is 15.0 Å². The van der Waals surface area contributed by atoms with Crippen LogP contribution in [0.3, 0.4) is 0 Å². The third-order valence-electron chi connectivity index (χ3n) is 3.02. The summed E-state index contributed by atoms with van der Waals surface area (Å²) in [5, 5.41) is -0.139. The second-order valence-electron chi connectivity index (χ2n) is 4.60. The molecular formula is C14H11ClFN3. The van der Waals surface area contributed by atoms with E-state index in [4.69, 9.17) is 11.6 Å². The van der Waals surface area contributed by atoms with Crippen LogP contribution >= 0.6 is 11.6 Å². The Labute approximate surface area is 115 Å². The Morgan fingerprint density at radius 2 is 2.05 bits per heavy atom. The fraction of sp³-hybridized carbons (Fsp3) is 0.214. The van der Waals surface area contributed by atoms with Gasteiger partial charge in [0.25, 0.3) is 0 Å². The Balaban J connectivity index is 2.11. The molecule has 0 aliphatic heterocycles. The first-order chi connectivity index (χ1) is 9.11. The number of halogens is 2. The first-order valence-corrected chi connectivity index (χ1v) is 6.36. The Hall–Kier alpha value is -1.81. The Morgan fingerprint density at radius 1 is 1.21 bits per heavy atom. The molecule has 1 aliphatic carbocycles. The van der Waals surface area contributed by atoms with Crippen molar-refractivity contribution in [2.45, 2.75) is 19.8 Å². The molecule has 2 heterocycles. The molecule has 0 radical (unpaired) electrons. The van der Waals surface area contributed by atoms with E-state index in [0.717, 1.165) is 24.2 Å². The lowest BCUT2D eigenvalue weighted by atomic mass is 10.1. The number of hydrogen-bond acceptors (Lipinski definition) is 3. The quantitative estimate of drug-likeness (QED) is 0.745. The van der Waals surface area contributed by atoms with Crippen molar-refractivity contribution < 1.29 is 4.39 Å². The van der Waals surface area contributed by atoms with Gasteiger partial charge in [0.05, 0.1) is 5.69 Å². The van der Waals surface area contributed by atoms with Gasteiger partial charge in [-0.2, -0.15) is 0 Å². The van der Waals surface area contributed by atoms with E-state index >= 15 is 0 Å². The lowest BCUT2D eigenvalue weighted by Gasteiger charge is -2.04. The first-order valence-electron chi connectivity index (χ1n) is 5.98. The highest BCUT2D eigenvalue weighted by atomic mass is 35.5. The van der Waals surface area contributed by atoms with Gasteiger partial charge in [0.1, 0.15) is 0 Å². The predicted molar refractivity (Wildman–Crippen MR) is 72.2 cm³/mol. The molecular weight excluding hydrogens is 265 g/mol. The summed E-state index contributed by atoms with van der Waals surface area (Å²) in [4.78, 5) is 12.7. The summed E-state index contributed by atoms with van der Waals surface area (Å²) in [5.74, 6) is -0.0715. The van der Waals surface area contributed by atoms with E-state index in [2.05, 4.69) is 21.9 Å². The van der Waals surface area contributed by atoms with Gasteiger partial charge in [0.15, 0.2) is 16.8 Å². The minimum absolute atomic E-state index is 0.139. The number of rotatable bonds is 1. The smallest absolute Gasteiger partial charge is 0.164 e. The van der Waals surface area contributed by atoms with Crippen molar-refractivity contribution in [3.8, 4) is 11.4 Å². The van der Waals surface area contributed by atoms with Crippen molar-refractivity contribution in [3.63, 3.8) is 0 Å². The highest BCUT2D eigenvalue weighted by molar-refractivity contribution is 6.29. The van der Waals surface area contributed by atoms with E-state index in [-0.39, 0.29) is 5.15 Å². The summed E-state index contributed by atoms with van der Waals surface area (Å²) in [7, 11) is 0. The normalized spacial score (nSPS) is 13.9. The molecule has 2 aromatic heterocycles. The fourth-order valence-electron chi connectivity index (χ4n) is 2.04. The number of allylic oxidation sites excluding steroid dienone is 1. The van der Waals surface area contributed by atoms with Crippen LogP contribution < -0.4 is 0 Å². The number of pyridine rings is 1. The standard InChI is InChI=1S/C14H11ClFN3/c1-8-2-3-10-6-11(4-8)19-14(18-10)9-5-12(16)13(15)17-7-9/h4-7H,2-3H2,1H3. The summed E-state index contributed by atoms with van der Waals surface area (Å²) >= 11 is 5.58. The minimum atomic E-state index is -0.559. The van der Waals surface area contributed by atoms with Gasteiger partial charge in [-0.05, 0) is 38.0 Å². The predicted octanol–water partition coefficient (Wildman–Crippen LogP) is 3.68. The van der Waals surface area contributed by atoms with Gasteiger partial charge in [-0.25, -0.2) is 19.3 Å². The van der Waals surface area contributed by atoms with E-state index in [9.17, 15) is 4.39 Å². The molecule has 0 fully saturated rings. The first kappa shape index (κ1) is 12.2. The third kappa shape index (κ3) is 2.49. The summed E-state index contributed by atoms with van der Waals surface area (Å²) in [6.45, 7) is 2.07. The maximum absolute atomic E-state index is 13.4. The third-order valence-corrected chi connectivity index (χ3v) is 3.30. The highest BCUT2D eigenvalue weighted by Crippen LogP contribution is 2.23. The van der Waals surface area contributed by atoms with Crippen molar-refractivity contribution >= 4 is 17.7 Å². The van der Waals surface area contributed by atoms with Crippen molar-refractivity contribution in [2.24, 2.45) is 0 Å². The molecule has 0 saturated heterocycles. The molecule has 5 heteroatoms. The molecule has 0 unspecified atom stereocenters. The number of hydrogen-bond donors (Lipinski definition) is 0. The number of aryl methyl sites for hydroxylation is 1. The van der Waals surface area contributed by atoms with Crippen LogP contribution in [0, 0.1) is 5.82 Å². The van der Waals surface area contributed by atoms with Gasteiger partial charge in [0, 0.05) is 17.5 Å². The van der Waals surface area contributed by atoms with Crippen molar-refractivity contribution in [3.05, 3.63) is 46.3 Å². The van der Waals surface area contributed by atoms with E-state index in [1.54, 1.807) is 0 Å². The zero-order chi connectivity index (χ0) is 13.4. The molecule has 0 aromatic carbocycles. The zero-order valence-electron chi connectivity index (χ0n) is 10.3. The molecule has 96 valence electrons. The number of aromatic nitrogens is 3. The fourth-order valence-corrected chi connectivity index (χ4v) is 2.15. The van der Waals surface area contributed by atoms with E-state index in [1.807, 2.05) is 12.1 Å². The molecule has 3 nitrogen and oxygen atoms in total. The molecule has 19 heavy (non-hydrogen) atoms. The summed E-state index contributed by atoms with van der Waals surface area (Å²) in [6, 6.07) is 3.27. The molecule has 0 saturated carbocycles. The lowest BCUT2D eigenvalue weighted by Crippen LogP contribution is -1.97.